The Morgan fingerprint density at radius 1 is 1.27 bits per heavy atom. The fourth-order valence-electron chi connectivity index (χ4n) is 2.44. The van der Waals surface area contributed by atoms with Gasteiger partial charge in [-0.25, -0.2) is 0 Å². The molecule has 2 aliphatic rings. The van der Waals surface area contributed by atoms with Gasteiger partial charge in [0, 0.05) is 13.1 Å². The minimum Gasteiger partial charge on any atom is -0.302 e. The van der Waals surface area contributed by atoms with E-state index < -0.39 is 0 Å². The van der Waals surface area contributed by atoms with Crippen LogP contribution in [0.5, 0.6) is 0 Å². The van der Waals surface area contributed by atoms with E-state index in [1.54, 1.807) is 0 Å². The number of rotatable bonds is 3. The Bertz CT molecular complexity index is 130. The summed E-state index contributed by atoms with van der Waals surface area (Å²) in [5.74, 6) is 0. The predicted molar refractivity (Wildman–Crippen MR) is 47.6 cm³/mol. The van der Waals surface area contributed by atoms with Crippen molar-refractivity contribution in [3.05, 3.63) is 0 Å². The summed E-state index contributed by atoms with van der Waals surface area (Å²) in [6.07, 6.45) is 7.30. The van der Waals surface area contributed by atoms with E-state index in [1.807, 2.05) is 0 Å². The van der Waals surface area contributed by atoms with Crippen molar-refractivity contribution in [2.75, 3.05) is 19.6 Å². The molecule has 1 spiro atoms. The maximum absolute atomic E-state index is 2.63. The SMILES string of the molecule is CCCCN1CC2(CCC2)C1. The lowest BCUT2D eigenvalue weighted by Gasteiger charge is -2.56. The normalized spacial score (nSPS) is 28.1. The van der Waals surface area contributed by atoms with Crippen molar-refractivity contribution in [2.45, 2.75) is 39.0 Å². The zero-order valence-corrected chi connectivity index (χ0v) is 7.60. The molecule has 1 heteroatoms. The molecule has 0 aromatic carbocycles. The second-order valence-electron chi connectivity index (χ2n) is 4.42. The Kier molecular flexibility index (Phi) is 1.92. The van der Waals surface area contributed by atoms with Crippen LogP contribution in [0.1, 0.15) is 39.0 Å². The van der Waals surface area contributed by atoms with Gasteiger partial charge in [-0.2, -0.15) is 0 Å². The van der Waals surface area contributed by atoms with Gasteiger partial charge in [0.15, 0.2) is 0 Å². The van der Waals surface area contributed by atoms with E-state index in [0.29, 0.717) is 0 Å². The van der Waals surface area contributed by atoms with Crippen molar-refractivity contribution < 1.29 is 0 Å². The molecule has 1 aliphatic heterocycles. The van der Waals surface area contributed by atoms with Crippen LogP contribution < -0.4 is 0 Å². The first-order valence-corrected chi connectivity index (χ1v) is 5.07. The smallest absolute Gasteiger partial charge is 0.00505 e. The molecule has 2 fully saturated rings. The third-order valence-electron chi connectivity index (χ3n) is 3.36. The summed E-state index contributed by atoms with van der Waals surface area (Å²) in [6.45, 7) is 6.48. The van der Waals surface area contributed by atoms with Gasteiger partial charge >= 0.3 is 0 Å². The van der Waals surface area contributed by atoms with Gasteiger partial charge in [0.2, 0.25) is 0 Å². The van der Waals surface area contributed by atoms with Crippen LogP contribution >= 0.6 is 0 Å². The van der Waals surface area contributed by atoms with Crippen LogP contribution in [-0.2, 0) is 0 Å². The van der Waals surface area contributed by atoms with Crippen LogP contribution in [-0.4, -0.2) is 24.5 Å². The maximum atomic E-state index is 2.63. The number of unbranched alkanes of at least 4 members (excludes halogenated alkanes) is 1. The highest BCUT2D eigenvalue weighted by molar-refractivity contribution is 4.99. The summed E-state index contributed by atoms with van der Waals surface area (Å²) in [5, 5.41) is 0. The molecule has 0 radical (unpaired) electrons. The third kappa shape index (κ3) is 1.31. The molecule has 1 nitrogen and oxygen atoms in total. The van der Waals surface area contributed by atoms with Gasteiger partial charge in [-0.05, 0) is 31.2 Å². The molecule has 1 saturated carbocycles. The topological polar surface area (TPSA) is 3.24 Å². The van der Waals surface area contributed by atoms with Crippen molar-refractivity contribution in [1.82, 2.24) is 4.90 Å². The summed E-state index contributed by atoms with van der Waals surface area (Å²) >= 11 is 0. The summed E-state index contributed by atoms with van der Waals surface area (Å²) in [6, 6.07) is 0. The van der Waals surface area contributed by atoms with E-state index in [-0.39, 0.29) is 0 Å². The van der Waals surface area contributed by atoms with Crippen molar-refractivity contribution >= 4 is 0 Å². The Morgan fingerprint density at radius 3 is 2.45 bits per heavy atom. The van der Waals surface area contributed by atoms with E-state index in [2.05, 4.69) is 11.8 Å². The van der Waals surface area contributed by atoms with Gasteiger partial charge < -0.3 is 4.90 Å². The predicted octanol–water partition coefficient (Wildman–Crippen LogP) is 2.27. The quantitative estimate of drug-likeness (QED) is 0.601. The summed E-state index contributed by atoms with van der Waals surface area (Å²) < 4.78 is 0. The summed E-state index contributed by atoms with van der Waals surface area (Å²) in [5.41, 5.74) is 0.841. The molecule has 0 bridgehead atoms. The Balaban J connectivity index is 1.63. The second-order valence-corrected chi connectivity index (χ2v) is 4.42. The molecule has 2 rings (SSSR count). The fourth-order valence-corrected chi connectivity index (χ4v) is 2.44. The Morgan fingerprint density at radius 2 is 2.00 bits per heavy atom. The lowest BCUT2D eigenvalue weighted by atomic mass is 9.63. The van der Waals surface area contributed by atoms with E-state index in [0.717, 1.165) is 5.41 Å². The molecular formula is C10H19N. The summed E-state index contributed by atoms with van der Waals surface area (Å²) in [7, 11) is 0. The average molecular weight is 153 g/mol. The number of nitrogens with zero attached hydrogens (tertiary/aromatic N) is 1. The molecule has 64 valence electrons. The molecule has 0 N–H and O–H groups in total. The first-order valence-electron chi connectivity index (χ1n) is 5.07. The number of hydrogen-bond donors (Lipinski definition) is 0. The van der Waals surface area contributed by atoms with E-state index in [4.69, 9.17) is 0 Å². The highest BCUT2D eigenvalue weighted by Crippen LogP contribution is 2.47. The molecule has 0 amide bonds. The van der Waals surface area contributed by atoms with Crippen LogP contribution in [0.15, 0.2) is 0 Å². The first kappa shape index (κ1) is 7.60. The van der Waals surface area contributed by atoms with Crippen molar-refractivity contribution in [3.8, 4) is 0 Å². The molecular weight excluding hydrogens is 134 g/mol. The third-order valence-corrected chi connectivity index (χ3v) is 3.36. The monoisotopic (exact) mass is 153 g/mol. The molecule has 1 saturated heterocycles. The molecule has 0 unspecified atom stereocenters. The van der Waals surface area contributed by atoms with E-state index in [9.17, 15) is 0 Å². The molecule has 11 heavy (non-hydrogen) atoms. The van der Waals surface area contributed by atoms with Crippen LogP contribution in [0, 0.1) is 5.41 Å². The average Bonchev–Trinajstić information content (AvgIpc) is 1.81. The maximum Gasteiger partial charge on any atom is 0.00505 e. The van der Waals surface area contributed by atoms with Gasteiger partial charge in [-0.1, -0.05) is 19.8 Å². The Labute approximate surface area is 69.8 Å². The van der Waals surface area contributed by atoms with Gasteiger partial charge in [0.1, 0.15) is 0 Å². The minimum absolute atomic E-state index is 0.841. The van der Waals surface area contributed by atoms with Gasteiger partial charge in [0.25, 0.3) is 0 Å². The van der Waals surface area contributed by atoms with Crippen molar-refractivity contribution in [1.29, 1.82) is 0 Å². The minimum atomic E-state index is 0.841. The number of hydrogen-bond acceptors (Lipinski definition) is 1. The van der Waals surface area contributed by atoms with Crippen molar-refractivity contribution in [2.24, 2.45) is 5.41 Å². The zero-order chi connectivity index (χ0) is 7.73. The van der Waals surface area contributed by atoms with Gasteiger partial charge in [-0.15, -0.1) is 0 Å². The van der Waals surface area contributed by atoms with Gasteiger partial charge in [-0.3, -0.25) is 0 Å². The molecule has 1 heterocycles. The van der Waals surface area contributed by atoms with E-state index >= 15 is 0 Å². The highest BCUT2D eigenvalue weighted by Gasteiger charge is 2.46. The molecule has 0 aromatic heterocycles. The van der Waals surface area contributed by atoms with Crippen molar-refractivity contribution in [3.63, 3.8) is 0 Å². The molecule has 0 aromatic rings. The zero-order valence-electron chi connectivity index (χ0n) is 7.60. The van der Waals surface area contributed by atoms with Crippen LogP contribution in [0.3, 0.4) is 0 Å². The largest absolute Gasteiger partial charge is 0.302 e. The molecule has 1 aliphatic carbocycles. The molecule has 0 atom stereocenters. The fraction of sp³-hybridized carbons (Fsp3) is 1.00. The number of likely N-dealkylation sites (tertiary alicyclic amines) is 1. The highest BCUT2D eigenvalue weighted by atomic mass is 15.2. The van der Waals surface area contributed by atoms with Crippen LogP contribution in [0.4, 0.5) is 0 Å². The van der Waals surface area contributed by atoms with Crippen LogP contribution in [0.2, 0.25) is 0 Å². The lowest BCUT2D eigenvalue weighted by molar-refractivity contribution is -0.0598. The van der Waals surface area contributed by atoms with Gasteiger partial charge in [0.05, 0.1) is 0 Å². The second kappa shape index (κ2) is 2.78. The Hall–Kier alpha value is -0.0400. The van der Waals surface area contributed by atoms with Crippen LogP contribution in [0.25, 0.3) is 0 Å². The lowest BCUT2D eigenvalue weighted by Crippen LogP contribution is -2.59. The van der Waals surface area contributed by atoms with E-state index in [1.165, 1.54) is 51.7 Å². The first-order chi connectivity index (χ1) is 5.35. The standard InChI is InChI=1S/C10H19N/c1-2-3-7-11-8-10(9-11)5-4-6-10/h2-9H2,1H3. The summed E-state index contributed by atoms with van der Waals surface area (Å²) in [4.78, 5) is 2.63.